The lowest BCUT2D eigenvalue weighted by molar-refractivity contribution is -0.122. The zero-order valence-electron chi connectivity index (χ0n) is 16.8. The summed E-state index contributed by atoms with van der Waals surface area (Å²) in [6, 6.07) is 18.6. The number of para-hydroxylation sites is 1. The van der Waals surface area contributed by atoms with Crippen LogP contribution in [-0.2, 0) is 9.59 Å². The van der Waals surface area contributed by atoms with Crippen LogP contribution in [-0.4, -0.2) is 16.9 Å². The Kier molecular flexibility index (Phi) is 6.03. The van der Waals surface area contributed by atoms with Gasteiger partial charge in [-0.1, -0.05) is 35.9 Å². The van der Waals surface area contributed by atoms with Crippen molar-refractivity contribution in [2.75, 3.05) is 4.90 Å². The van der Waals surface area contributed by atoms with Crippen molar-refractivity contribution in [2.24, 2.45) is 0 Å². The van der Waals surface area contributed by atoms with Crippen LogP contribution in [0.5, 0.6) is 11.5 Å². The topological polar surface area (TPSA) is 58.6 Å². The second-order valence-electron chi connectivity index (χ2n) is 6.96. The standard InChI is InChI=1S/C24H16ClFN2O3S/c1-14-7-12-20(26)18(21(14)25)13-19-22(29)27-24(32)28(23(19)30)15-8-10-17(11-9-15)31-16-5-3-2-4-6-16/h2-13H,1H3,(H,27,29,32)/b19-13+. The third-order valence-electron chi connectivity index (χ3n) is 4.78. The van der Waals surface area contributed by atoms with Gasteiger partial charge >= 0.3 is 0 Å². The molecule has 0 aliphatic carbocycles. The maximum Gasteiger partial charge on any atom is 0.270 e. The predicted octanol–water partition coefficient (Wildman–Crippen LogP) is 5.41. The number of thiocarbonyl (C=S) groups is 1. The van der Waals surface area contributed by atoms with Crippen LogP contribution in [0.3, 0.4) is 0 Å². The van der Waals surface area contributed by atoms with E-state index in [1.165, 1.54) is 12.1 Å². The number of benzene rings is 3. The van der Waals surface area contributed by atoms with Gasteiger partial charge in [-0.15, -0.1) is 0 Å². The summed E-state index contributed by atoms with van der Waals surface area (Å²) in [6.07, 6.45) is 1.14. The number of ether oxygens (including phenoxy) is 1. The fraction of sp³-hybridized carbons (Fsp3) is 0.0417. The number of nitrogens with one attached hydrogen (secondary N) is 1. The van der Waals surface area contributed by atoms with E-state index < -0.39 is 17.6 Å². The minimum absolute atomic E-state index is 0.0375. The smallest absolute Gasteiger partial charge is 0.270 e. The van der Waals surface area contributed by atoms with E-state index in [1.807, 2.05) is 30.3 Å². The highest BCUT2D eigenvalue weighted by Crippen LogP contribution is 2.29. The minimum Gasteiger partial charge on any atom is -0.457 e. The molecule has 0 unspecified atom stereocenters. The summed E-state index contributed by atoms with van der Waals surface area (Å²) >= 11 is 11.4. The summed E-state index contributed by atoms with van der Waals surface area (Å²) in [4.78, 5) is 26.8. The van der Waals surface area contributed by atoms with Gasteiger partial charge in [0.05, 0.1) is 10.7 Å². The molecular formula is C24H16ClFN2O3S. The molecule has 1 saturated heterocycles. The van der Waals surface area contributed by atoms with Crippen LogP contribution >= 0.6 is 23.8 Å². The summed E-state index contributed by atoms with van der Waals surface area (Å²) in [5.74, 6) is -0.830. The predicted molar refractivity (Wildman–Crippen MR) is 125 cm³/mol. The maximum absolute atomic E-state index is 14.3. The van der Waals surface area contributed by atoms with Crippen molar-refractivity contribution < 1.29 is 18.7 Å². The van der Waals surface area contributed by atoms with Gasteiger partial charge in [0.1, 0.15) is 22.9 Å². The van der Waals surface area contributed by atoms with Crippen LogP contribution in [0.25, 0.3) is 6.08 Å². The first-order chi connectivity index (χ1) is 15.3. The zero-order valence-corrected chi connectivity index (χ0v) is 18.3. The van der Waals surface area contributed by atoms with Crippen molar-refractivity contribution in [3.05, 3.63) is 94.3 Å². The van der Waals surface area contributed by atoms with Gasteiger partial charge in [-0.3, -0.25) is 19.8 Å². The third kappa shape index (κ3) is 4.26. The Bertz CT molecular complexity index is 1260. The Morgan fingerprint density at radius 1 is 1.00 bits per heavy atom. The summed E-state index contributed by atoms with van der Waals surface area (Å²) in [5.41, 5.74) is 0.714. The number of amides is 2. The number of carbonyl (C=O) groups excluding carboxylic acids is 2. The monoisotopic (exact) mass is 466 g/mol. The number of anilines is 1. The molecular weight excluding hydrogens is 451 g/mol. The first kappa shape index (κ1) is 21.7. The molecule has 0 aromatic heterocycles. The Morgan fingerprint density at radius 3 is 2.34 bits per heavy atom. The summed E-state index contributed by atoms with van der Waals surface area (Å²) in [5, 5.41) is 2.52. The molecule has 0 atom stereocenters. The van der Waals surface area contributed by atoms with Crippen LogP contribution in [0.15, 0.2) is 72.3 Å². The summed E-state index contributed by atoms with van der Waals surface area (Å²) in [6.45, 7) is 1.70. The van der Waals surface area contributed by atoms with Crippen LogP contribution in [0.2, 0.25) is 5.02 Å². The van der Waals surface area contributed by atoms with E-state index >= 15 is 0 Å². The van der Waals surface area contributed by atoms with Gasteiger partial charge in [0.25, 0.3) is 11.8 Å². The van der Waals surface area contributed by atoms with Crippen molar-refractivity contribution in [2.45, 2.75) is 6.92 Å². The van der Waals surface area contributed by atoms with Gasteiger partial charge in [-0.05, 0) is 73.2 Å². The Labute approximate surface area is 194 Å². The zero-order chi connectivity index (χ0) is 22.8. The van der Waals surface area contributed by atoms with E-state index in [1.54, 1.807) is 31.2 Å². The SMILES string of the molecule is Cc1ccc(F)c(/C=C2\C(=O)NC(=S)N(c3ccc(Oc4ccccc4)cc3)C2=O)c1Cl. The fourth-order valence-electron chi connectivity index (χ4n) is 3.13. The molecule has 160 valence electrons. The molecule has 5 nitrogen and oxygen atoms in total. The molecule has 1 heterocycles. The molecule has 3 aromatic carbocycles. The fourth-order valence-corrected chi connectivity index (χ4v) is 3.62. The maximum atomic E-state index is 14.3. The molecule has 1 aliphatic rings. The summed E-state index contributed by atoms with van der Waals surface area (Å²) < 4.78 is 20.1. The van der Waals surface area contributed by atoms with Crippen molar-refractivity contribution in [1.29, 1.82) is 0 Å². The second-order valence-corrected chi connectivity index (χ2v) is 7.72. The molecule has 1 fully saturated rings. The van der Waals surface area contributed by atoms with Gasteiger partial charge in [-0.2, -0.15) is 0 Å². The quantitative estimate of drug-likeness (QED) is 0.317. The van der Waals surface area contributed by atoms with Crippen molar-refractivity contribution in [3.63, 3.8) is 0 Å². The number of aryl methyl sites for hydroxylation is 1. The highest BCUT2D eigenvalue weighted by Gasteiger charge is 2.35. The average Bonchev–Trinajstić information content (AvgIpc) is 2.77. The average molecular weight is 467 g/mol. The molecule has 1 aliphatic heterocycles. The Morgan fingerprint density at radius 2 is 1.66 bits per heavy atom. The Balaban J connectivity index is 1.65. The van der Waals surface area contributed by atoms with E-state index in [-0.39, 0.29) is 21.3 Å². The molecule has 3 aromatic rings. The van der Waals surface area contributed by atoms with Crippen molar-refractivity contribution in [3.8, 4) is 11.5 Å². The molecule has 8 heteroatoms. The Hall–Kier alpha value is -3.55. The number of rotatable bonds is 4. The first-order valence-electron chi connectivity index (χ1n) is 9.54. The molecule has 0 saturated carbocycles. The lowest BCUT2D eigenvalue weighted by atomic mass is 10.0. The van der Waals surface area contributed by atoms with Gasteiger partial charge in [0, 0.05) is 5.56 Å². The molecule has 0 radical (unpaired) electrons. The second kappa shape index (κ2) is 8.90. The van der Waals surface area contributed by atoms with Gasteiger partial charge in [0.2, 0.25) is 0 Å². The van der Waals surface area contributed by atoms with E-state index in [0.29, 0.717) is 22.7 Å². The van der Waals surface area contributed by atoms with Crippen molar-refractivity contribution in [1.82, 2.24) is 5.32 Å². The molecule has 0 spiro atoms. The number of halogens is 2. The molecule has 0 bridgehead atoms. The highest BCUT2D eigenvalue weighted by molar-refractivity contribution is 7.80. The van der Waals surface area contributed by atoms with Crippen LogP contribution in [0.1, 0.15) is 11.1 Å². The molecule has 1 N–H and O–H groups in total. The molecule has 2 amide bonds. The van der Waals surface area contributed by atoms with Crippen molar-refractivity contribution >= 4 is 52.5 Å². The number of nitrogens with zero attached hydrogens (tertiary/aromatic N) is 1. The lowest BCUT2D eigenvalue weighted by Gasteiger charge is -2.29. The van der Waals surface area contributed by atoms with Gasteiger partial charge in [-0.25, -0.2) is 4.39 Å². The number of hydrogen-bond acceptors (Lipinski definition) is 4. The largest absolute Gasteiger partial charge is 0.457 e. The molecule has 32 heavy (non-hydrogen) atoms. The number of hydrogen-bond donors (Lipinski definition) is 1. The normalized spacial score (nSPS) is 15.2. The van der Waals surface area contributed by atoms with Crippen LogP contribution < -0.4 is 15.0 Å². The van der Waals surface area contributed by atoms with Gasteiger partial charge < -0.3 is 4.74 Å². The molecule has 4 rings (SSSR count). The number of carbonyl (C=O) groups is 2. The highest BCUT2D eigenvalue weighted by atomic mass is 35.5. The van der Waals surface area contributed by atoms with Crippen LogP contribution in [0, 0.1) is 12.7 Å². The third-order valence-corrected chi connectivity index (χ3v) is 5.57. The minimum atomic E-state index is -0.725. The first-order valence-corrected chi connectivity index (χ1v) is 10.3. The summed E-state index contributed by atoms with van der Waals surface area (Å²) in [7, 11) is 0. The van der Waals surface area contributed by atoms with E-state index in [9.17, 15) is 14.0 Å². The van der Waals surface area contributed by atoms with Crippen LogP contribution in [0.4, 0.5) is 10.1 Å². The lowest BCUT2D eigenvalue weighted by Crippen LogP contribution is -2.54. The van der Waals surface area contributed by atoms with Gasteiger partial charge in [0.15, 0.2) is 5.11 Å². The van der Waals surface area contributed by atoms with E-state index in [0.717, 1.165) is 11.0 Å². The van der Waals surface area contributed by atoms with E-state index in [2.05, 4.69) is 5.32 Å². The van der Waals surface area contributed by atoms with E-state index in [4.69, 9.17) is 28.6 Å².